The van der Waals surface area contributed by atoms with Crippen LogP contribution in [-0.4, -0.2) is 13.1 Å². The van der Waals surface area contributed by atoms with Crippen molar-refractivity contribution in [3.05, 3.63) is 77.9 Å². The van der Waals surface area contributed by atoms with Gasteiger partial charge < -0.3 is 9.57 Å². The van der Waals surface area contributed by atoms with Crippen molar-refractivity contribution in [1.82, 2.24) is 5.48 Å². The zero-order valence-corrected chi connectivity index (χ0v) is 14.0. The van der Waals surface area contributed by atoms with E-state index in [0.717, 1.165) is 12.1 Å². The van der Waals surface area contributed by atoms with Crippen molar-refractivity contribution in [3.63, 3.8) is 0 Å². The van der Waals surface area contributed by atoms with Crippen LogP contribution in [0.5, 0.6) is 5.75 Å². The summed E-state index contributed by atoms with van der Waals surface area (Å²) >= 11 is 0. The van der Waals surface area contributed by atoms with Crippen molar-refractivity contribution >= 4 is 5.97 Å². The van der Waals surface area contributed by atoms with Gasteiger partial charge in [0.05, 0.1) is 24.3 Å². The quantitative estimate of drug-likeness (QED) is 0.571. The van der Waals surface area contributed by atoms with E-state index in [1.807, 2.05) is 0 Å². The Bertz CT molecular complexity index is 740. The van der Waals surface area contributed by atoms with Gasteiger partial charge in [-0.05, 0) is 48.4 Å². The number of hydrogen-bond acceptors (Lipinski definition) is 4. The summed E-state index contributed by atoms with van der Waals surface area (Å²) < 4.78 is 43.0. The lowest BCUT2D eigenvalue weighted by atomic mass is 10.0. The Morgan fingerprint density at radius 3 is 2.27 bits per heavy atom. The predicted molar refractivity (Wildman–Crippen MR) is 90.5 cm³/mol. The van der Waals surface area contributed by atoms with E-state index < -0.39 is 23.8 Å². The predicted octanol–water partition coefficient (Wildman–Crippen LogP) is 4.69. The maximum absolute atomic E-state index is 12.7. The van der Waals surface area contributed by atoms with Gasteiger partial charge >= 0.3 is 12.1 Å². The number of hydroxylamine groups is 1. The van der Waals surface area contributed by atoms with Gasteiger partial charge in [-0.2, -0.15) is 13.2 Å². The molecule has 0 saturated heterocycles. The van der Waals surface area contributed by atoms with Gasteiger partial charge in [0.2, 0.25) is 0 Å². The Kier molecular flexibility index (Phi) is 6.41. The Morgan fingerprint density at radius 1 is 1.15 bits per heavy atom. The Labute approximate surface area is 149 Å². The third-order valence-corrected chi connectivity index (χ3v) is 3.66. The van der Waals surface area contributed by atoms with E-state index >= 15 is 0 Å². The number of nitrogens with one attached hydrogen (secondary N) is 1. The molecule has 4 nitrogen and oxygen atoms in total. The first-order valence-electron chi connectivity index (χ1n) is 7.74. The fourth-order valence-electron chi connectivity index (χ4n) is 2.23. The van der Waals surface area contributed by atoms with E-state index in [1.54, 1.807) is 30.3 Å². The summed E-state index contributed by atoms with van der Waals surface area (Å²) in [7, 11) is 1.51. The molecule has 1 unspecified atom stereocenters. The molecule has 0 aliphatic rings. The first kappa shape index (κ1) is 19.5. The molecule has 1 atom stereocenters. The Morgan fingerprint density at radius 2 is 1.77 bits per heavy atom. The molecule has 2 aromatic rings. The first-order valence-corrected chi connectivity index (χ1v) is 7.74. The third-order valence-electron chi connectivity index (χ3n) is 3.66. The van der Waals surface area contributed by atoms with Crippen LogP contribution in [-0.2, 0) is 11.0 Å². The number of hydrogen-bond donors (Lipinski definition) is 1. The zero-order chi connectivity index (χ0) is 19.2. The van der Waals surface area contributed by atoms with Gasteiger partial charge in [0, 0.05) is 0 Å². The van der Waals surface area contributed by atoms with Gasteiger partial charge in [-0.3, -0.25) is 0 Å². The van der Waals surface area contributed by atoms with Crippen LogP contribution in [0.2, 0.25) is 0 Å². The third kappa shape index (κ3) is 5.10. The molecule has 1 N–H and O–H groups in total. The number of rotatable bonds is 7. The van der Waals surface area contributed by atoms with E-state index in [9.17, 15) is 18.0 Å². The van der Waals surface area contributed by atoms with Gasteiger partial charge in [-0.1, -0.05) is 18.2 Å². The molecule has 0 amide bonds. The molecule has 138 valence electrons. The number of carbonyl (C=O) groups excluding carboxylic acids is 1. The SMILES string of the molecule is C=CCC(NOC(=O)c1ccc(OC)cc1)c1ccc(C(F)(F)F)cc1. The van der Waals surface area contributed by atoms with E-state index in [-0.39, 0.29) is 0 Å². The van der Waals surface area contributed by atoms with Crippen LogP contribution in [0.25, 0.3) is 0 Å². The van der Waals surface area contributed by atoms with Crippen molar-refractivity contribution in [2.45, 2.75) is 18.6 Å². The van der Waals surface area contributed by atoms with E-state index in [1.165, 1.54) is 19.2 Å². The number of ether oxygens (including phenoxy) is 1. The highest BCUT2D eigenvalue weighted by Gasteiger charge is 2.30. The molecule has 2 rings (SSSR count). The molecule has 0 radical (unpaired) electrons. The van der Waals surface area contributed by atoms with E-state index in [0.29, 0.717) is 23.3 Å². The van der Waals surface area contributed by atoms with E-state index in [2.05, 4.69) is 12.1 Å². The minimum atomic E-state index is -4.40. The summed E-state index contributed by atoms with van der Waals surface area (Å²) in [5.41, 5.74) is 2.70. The summed E-state index contributed by atoms with van der Waals surface area (Å²) in [6.45, 7) is 3.61. The van der Waals surface area contributed by atoms with Gasteiger partial charge in [0.15, 0.2) is 0 Å². The normalized spacial score (nSPS) is 12.3. The lowest BCUT2D eigenvalue weighted by Gasteiger charge is -2.18. The molecule has 7 heteroatoms. The highest BCUT2D eigenvalue weighted by Crippen LogP contribution is 2.30. The largest absolute Gasteiger partial charge is 0.497 e. The van der Waals surface area contributed by atoms with Crippen LogP contribution in [0.3, 0.4) is 0 Å². The number of carbonyl (C=O) groups is 1. The first-order chi connectivity index (χ1) is 12.3. The van der Waals surface area contributed by atoms with Crippen molar-refractivity contribution in [2.24, 2.45) is 0 Å². The van der Waals surface area contributed by atoms with Gasteiger partial charge in [0.25, 0.3) is 0 Å². The summed E-state index contributed by atoms with van der Waals surface area (Å²) in [5, 5.41) is 0. The molecule has 0 fully saturated rings. The monoisotopic (exact) mass is 365 g/mol. The molecule has 0 heterocycles. The van der Waals surface area contributed by atoms with Crippen LogP contribution in [0.15, 0.2) is 61.2 Å². The molecule has 0 aliphatic carbocycles. The van der Waals surface area contributed by atoms with Gasteiger partial charge in [-0.25, -0.2) is 4.79 Å². The lowest BCUT2D eigenvalue weighted by Crippen LogP contribution is -2.25. The van der Waals surface area contributed by atoms with Crippen LogP contribution in [0, 0.1) is 0 Å². The van der Waals surface area contributed by atoms with Crippen LogP contribution in [0.4, 0.5) is 13.2 Å². The number of alkyl halides is 3. The second-order valence-electron chi connectivity index (χ2n) is 5.43. The topological polar surface area (TPSA) is 47.6 Å². The zero-order valence-electron chi connectivity index (χ0n) is 14.0. The molecular formula is C19H18F3NO3. The molecule has 0 saturated carbocycles. The van der Waals surface area contributed by atoms with Crippen molar-refractivity contribution in [3.8, 4) is 5.75 Å². The highest BCUT2D eigenvalue weighted by molar-refractivity contribution is 5.89. The fourth-order valence-corrected chi connectivity index (χ4v) is 2.23. The maximum Gasteiger partial charge on any atom is 0.416 e. The summed E-state index contributed by atoms with van der Waals surface area (Å²) in [5.74, 6) is -0.0163. The smallest absolute Gasteiger partial charge is 0.416 e. The molecule has 0 spiro atoms. The molecule has 26 heavy (non-hydrogen) atoms. The summed E-state index contributed by atoms with van der Waals surface area (Å²) in [6, 6.07) is 10.5. The summed E-state index contributed by atoms with van der Waals surface area (Å²) in [6.07, 6.45) is -2.46. The Balaban J connectivity index is 2.05. The highest BCUT2D eigenvalue weighted by atomic mass is 19.4. The maximum atomic E-state index is 12.7. The van der Waals surface area contributed by atoms with Crippen molar-refractivity contribution in [2.75, 3.05) is 7.11 Å². The molecule has 0 bridgehead atoms. The lowest BCUT2D eigenvalue weighted by molar-refractivity contribution is -0.137. The molecular weight excluding hydrogens is 347 g/mol. The van der Waals surface area contributed by atoms with E-state index in [4.69, 9.17) is 9.57 Å². The number of halogens is 3. The number of methoxy groups -OCH3 is 1. The van der Waals surface area contributed by atoms with Crippen LogP contribution < -0.4 is 10.2 Å². The average molecular weight is 365 g/mol. The molecule has 2 aromatic carbocycles. The standard InChI is InChI=1S/C19H18F3NO3/c1-3-4-17(13-5-9-15(10-6-13)19(20,21)22)23-26-18(24)14-7-11-16(25-2)12-8-14/h3,5-12,17,23H,1,4H2,2H3. The van der Waals surface area contributed by atoms with Gasteiger partial charge in [0.1, 0.15) is 5.75 Å². The minimum absolute atomic E-state index is 0.308. The second kappa shape index (κ2) is 8.53. The summed E-state index contributed by atoms with van der Waals surface area (Å²) in [4.78, 5) is 17.1. The second-order valence-corrected chi connectivity index (χ2v) is 5.43. The van der Waals surface area contributed by atoms with Crippen LogP contribution >= 0.6 is 0 Å². The molecule has 0 aliphatic heterocycles. The average Bonchev–Trinajstić information content (AvgIpc) is 2.64. The minimum Gasteiger partial charge on any atom is -0.497 e. The fraction of sp³-hybridized carbons (Fsp3) is 0.211. The van der Waals surface area contributed by atoms with Crippen molar-refractivity contribution in [1.29, 1.82) is 0 Å². The Hall–Kier alpha value is -2.80. The van der Waals surface area contributed by atoms with Crippen molar-refractivity contribution < 1.29 is 27.5 Å². The van der Waals surface area contributed by atoms with Crippen LogP contribution in [0.1, 0.15) is 33.9 Å². The molecule has 0 aromatic heterocycles. The number of benzene rings is 2. The van der Waals surface area contributed by atoms with Gasteiger partial charge in [-0.15, -0.1) is 12.1 Å².